The molecule has 15 heavy (non-hydrogen) atoms. The molecule has 0 radical (unpaired) electrons. The molecule has 0 spiro atoms. The van der Waals surface area contributed by atoms with Gasteiger partial charge >= 0.3 is 0 Å². The lowest BCUT2D eigenvalue weighted by Gasteiger charge is -2.10. The van der Waals surface area contributed by atoms with Gasteiger partial charge in [0.1, 0.15) is 6.07 Å². The summed E-state index contributed by atoms with van der Waals surface area (Å²) in [7, 11) is 0. The largest absolute Gasteiger partial charge is 0.393 e. The number of aliphatic hydroxyl groups excluding tert-OH is 1. The smallest absolute Gasteiger partial charge is 0.101 e. The first-order valence-corrected chi connectivity index (χ1v) is 5.04. The zero-order chi connectivity index (χ0) is 11.1. The van der Waals surface area contributed by atoms with Crippen molar-refractivity contribution in [3.05, 3.63) is 24.0 Å². The number of nitrogens with one attached hydrogen (secondary N) is 1. The fourth-order valence-corrected chi connectivity index (χ4v) is 1.21. The van der Waals surface area contributed by atoms with Crippen LogP contribution in [0.2, 0.25) is 0 Å². The Morgan fingerprint density at radius 3 is 3.13 bits per heavy atom. The SMILES string of the molecule is CCC(O)CCNc1cnccc1C#N. The van der Waals surface area contributed by atoms with Gasteiger partial charge < -0.3 is 10.4 Å². The van der Waals surface area contributed by atoms with Crippen molar-refractivity contribution in [2.24, 2.45) is 0 Å². The van der Waals surface area contributed by atoms with Crippen LogP contribution in [0.25, 0.3) is 0 Å². The fraction of sp³-hybridized carbons (Fsp3) is 0.455. The molecule has 0 aliphatic carbocycles. The van der Waals surface area contributed by atoms with Crippen molar-refractivity contribution in [1.82, 2.24) is 4.98 Å². The maximum absolute atomic E-state index is 9.34. The van der Waals surface area contributed by atoms with E-state index in [0.29, 0.717) is 18.5 Å². The first kappa shape index (κ1) is 11.5. The molecule has 1 unspecified atom stereocenters. The summed E-state index contributed by atoms with van der Waals surface area (Å²) in [5, 5.41) is 21.2. The minimum Gasteiger partial charge on any atom is -0.393 e. The van der Waals surface area contributed by atoms with E-state index in [-0.39, 0.29) is 6.10 Å². The second-order valence-corrected chi connectivity index (χ2v) is 3.31. The highest BCUT2D eigenvalue weighted by atomic mass is 16.3. The molecule has 0 bridgehead atoms. The number of anilines is 1. The maximum Gasteiger partial charge on any atom is 0.101 e. The van der Waals surface area contributed by atoms with Gasteiger partial charge in [0.25, 0.3) is 0 Å². The van der Waals surface area contributed by atoms with Crippen LogP contribution >= 0.6 is 0 Å². The van der Waals surface area contributed by atoms with Gasteiger partial charge in [-0.25, -0.2) is 0 Å². The van der Waals surface area contributed by atoms with Crippen molar-refractivity contribution in [3.63, 3.8) is 0 Å². The van der Waals surface area contributed by atoms with Crippen molar-refractivity contribution >= 4 is 5.69 Å². The fourth-order valence-electron chi connectivity index (χ4n) is 1.21. The molecule has 0 saturated heterocycles. The topological polar surface area (TPSA) is 68.9 Å². The van der Waals surface area contributed by atoms with Crippen LogP contribution in [0.3, 0.4) is 0 Å². The summed E-state index contributed by atoms with van der Waals surface area (Å²) >= 11 is 0. The number of nitrogens with zero attached hydrogens (tertiary/aromatic N) is 2. The lowest BCUT2D eigenvalue weighted by Crippen LogP contribution is -2.12. The standard InChI is InChI=1S/C11H15N3O/c1-2-10(15)4-6-14-11-8-13-5-3-9(11)7-12/h3,5,8,10,14-15H,2,4,6H2,1H3. The van der Waals surface area contributed by atoms with Crippen molar-refractivity contribution in [2.45, 2.75) is 25.9 Å². The van der Waals surface area contributed by atoms with E-state index in [1.54, 1.807) is 18.5 Å². The molecular weight excluding hydrogens is 190 g/mol. The Kier molecular flexibility index (Phi) is 4.58. The summed E-state index contributed by atoms with van der Waals surface area (Å²) in [6, 6.07) is 3.75. The summed E-state index contributed by atoms with van der Waals surface area (Å²) in [5.74, 6) is 0. The molecule has 0 aromatic carbocycles. The molecule has 1 heterocycles. The van der Waals surface area contributed by atoms with Crippen LogP contribution in [0, 0.1) is 11.3 Å². The molecule has 4 nitrogen and oxygen atoms in total. The van der Waals surface area contributed by atoms with E-state index in [9.17, 15) is 5.11 Å². The third kappa shape index (κ3) is 3.56. The van der Waals surface area contributed by atoms with Crippen LogP contribution in [0.4, 0.5) is 5.69 Å². The van der Waals surface area contributed by atoms with Crippen molar-refractivity contribution in [2.75, 3.05) is 11.9 Å². The van der Waals surface area contributed by atoms with Crippen molar-refractivity contribution in [1.29, 1.82) is 5.26 Å². The van der Waals surface area contributed by atoms with Gasteiger partial charge in [-0.1, -0.05) is 6.92 Å². The highest BCUT2D eigenvalue weighted by Crippen LogP contribution is 2.11. The van der Waals surface area contributed by atoms with Crippen LogP contribution < -0.4 is 5.32 Å². The second-order valence-electron chi connectivity index (χ2n) is 3.31. The van der Waals surface area contributed by atoms with Crippen molar-refractivity contribution in [3.8, 4) is 6.07 Å². The Morgan fingerprint density at radius 2 is 2.47 bits per heavy atom. The van der Waals surface area contributed by atoms with E-state index >= 15 is 0 Å². The predicted molar refractivity (Wildman–Crippen MR) is 58.4 cm³/mol. The lowest BCUT2D eigenvalue weighted by atomic mass is 10.2. The van der Waals surface area contributed by atoms with Crippen LogP contribution in [-0.2, 0) is 0 Å². The first-order chi connectivity index (χ1) is 7.27. The zero-order valence-electron chi connectivity index (χ0n) is 8.77. The Morgan fingerprint density at radius 1 is 1.67 bits per heavy atom. The van der Waals surface area contributed by atoms with Gasteiger partial charge in [0.15, 0.2) is 0 Å². The van der Waals surface area contributed by atoms with Gasteiger partial charge in [-0.05, 0) is 18.9 Å². The third-order valence-corrected chi connectivity index (χ3v) is 2.21. The zero-order valence-corrected chi connectivity index (χ0v) is 8.77. The van der Waals surface area contributed by atoms with Gasteiger partial charge in [0, 0.05) is 12.7 Å². The number of aliphatic hydroxyl groups is 1. The number of pyridine rings is 1. The van der Waals surface area contributed by atoms with Crippen LogP contribution in [-0.4, -0.2) is 22.7 Å². The Labute approximate surface area is 89.6 Å². The van der Waals surface area contributed by atoms with E-state index in [1.807, 2.05) is 6.92 Å². The normalized spacial score (nSPS) is 11.8. The quantitative estimate of drug-likeness (QED) is 0.764. The molecule has 1 aromatic rings. The molecule has 4 heteroatoms. The Balaban J connectivity index is 2.47. The summed E-state index contributed by atoms with van der Waals surface area (Å²) in [4.78, 5) is 3.94. The summed E-state index contributed by atoms with van der Waals surface area (Å²) in [6.07, 6.45) is 4.36. The van der Waals surface area contributed by atoms with E-state index in [2.05, 4.69) is 16.4 Å². The molecule has 0 aliphatic heterocycles. The monoisotopic (exact) mass is 205 g/mol. The lowest BCUT2D eigenvalue weighted by molar-refractivity contribution is 0.164. The Bertz CT molecular complexity index is 346. The number of rotatable bonds is 5. The van der Waals surface area contributed by atoms with Gasteiger partial charge in [0.2, 0.25) is 0 Å². The molecule has 0 fully saturated rings. The molecule has 1 atom stereocenters. The summed E-state index contributed by atoms with van der Waals surface area (Å²) < 4.78 is 0. The molecule has 0 saturated carbocycles. The van der Waals surface area contributed by atoms with Crippen LogP contribution in [0.5, 0.6) is 0 Å². The minimum atomic E-state index is -0.278. The average Bonchev–Trinajstić information content (AvgIpc) is 2.29. The van der Waals surface area contributed by atoms with E-state index in [0.717, 1.165) is 12.1 Å². The molecule has 2 N–H and O–H groups in total. The number of hydrogen-bond acceptors (Lipinski definition) is 4. The van der Waals surface area contributed by atoms with Gasteiger partial charge in [0.05, 0.1) is 23.6 Å². The molecule has 1 aromatic heterocycles. The van der Waals surface area contributed by atoms with E-state index in [4.69, 9.17) is 5.26 Å². The summed E-state index contributed by atoms with van der Waals surface area (Å²) in [6.45, 7) is 2.59. The summed E-state index contributed by atoms with van der Waals surface area (Å²) in [5.41, 5.74) is 1.30. The first-order valence-electron chi connectivity index (χ1n) is 5.04. The highest BCUT2D eigenvalue weighted by Gasteiger charge is 2.02. The van der Waals surface area contributed by atoms with Gasteiger partial charge in [-0.2, -0.15) is 5.26 Å². The van der Waals surface area contributed by atoms with Gasteiger partial charge in [-0.3, -0.25) is 4.98 Å². The second kappa shape index (κ2) is 5.99. The predicted octanol–water partition coefficient (Wildman–Crippen LogP) is 1.53. The highest BCUT2D eigenvalue weighted by molar-refractivity contribution is 5.55. The number of aromatic nitrogens is 1. The molecule has 1 rings (SSSR count). The number of hydrogen-bond donors (Lipinski definition) is 2. The molecule has 80 valence electrons. The van der Waals surface area contributed by atoms with Crippen molar-refractivity contribution < 1.29 is 5.11 Å². The van der Waals surface area contributed by atoms with E-state index < -0.39 is 0 Å². The molecular formula is C11H15N3O. The van der Waals surface area contributed by atoms with Crippen LogP contribution in [0.15, 0.2) is 18.5 Å². The van der Waals surface area contributed by atoms with Crippen LogP contribution in [0.1, 0.15) is 25.3 Å². The number of nitriles is 1. The molecule has 0 amide bonds. The average molecular weight is 205 g/mol. The Hall–Kier alpha value is -1.60. The van der Waals surface area contributed by atoms with E-state index in [1.165, 1.54) is 0 Å². The third-order valence-electron chi connectivity index (χ3n) is 2.21. The van der Waals surface area contributed by atoms with Gasteiger partial charge in [-0.15, -0.1) is 0 Å². The minimum absolute atomic E-state index is 0.278. The maximum atomic E-state index is 9.34. The molecule has 0 aliphatic rings.